The highest BCUT2D eigenvalue weighted by Crippen LogP contribution is 2.19. The number of carbonyl (C=O) groups is 2. The Balaban J connectivity index is 2.17. The number of hydrogen-bond acceptors (Lipinski definition) is 3. The maximum atomic E-state index is 11.8. The first-order valence-corrected chi connectivity index (χ1v) is 7.35. The van der Waals surface area contributed by atoms with Crippen molar-refractivity contribution in [3.63, 3.8) is 0 Å². The van der Waals surface area contributed by atoms with Gasteiger partial charge in [0.1, 0.15) is 6.04 Å². The lowest BCUT2D eigenvalue weighted by molar-refractivity contribution is -0.142. The summed E-state index contributed by atoms with van der Waals surface area (Å²) in [6.45, 7) is 1.72. The normalized spacial score (nSPS) is 13.8. The molecule has 1 aromatic carbocycles. The van der Waals surface area contributed by atoms with Crippen molar-refractivity contribution in [3.8, 4) is 0 Å². The summed E-state index contributed by atoms with van der Waals surface area (Å²) >= 11 is 4.05. The van der Waals surface area contributed by atoms with Crippen molar-refractivity contribution in [1.29, 1.82) is 0 Å². The third-order valence-electron chi connectivity index (χ3n) is 3.43. The molecule has 0 aliphatic rings. The number of carbonyl (C=O) groups excluding carboxylic acids is 1. The smallest absolute Gasteiger partial charge is 0.326 e. The Kier molecular flexibility index (Phi) is 4.90. The summed E-state index contributed by atoms with van der Waals surface area (Å²) in [5.41, 5.74) is 1.82. The molecule has 0 bridgehead atoms. The zero-order valence-corrected chi connectivity index (χ0v) is 12.6. The molecule has 2 aromatic rings. The number of para-hydroxylation sites is 1. The number of carboxylic acid groups (broad SMARTS) is 1. The number of fused-ring (bicyclic) bond motifs is 1. The largest absolute Gasteiger partial charge is 0.480 e. The SMILES string of the molecule is CC(CS)C(=O)N[C@@H](Cc1c[nH]c2ccccc12)C(=O)O. The quantitative estimate of drug-likeness (QED) is 0.615. The number of nitrogens with one attached hydrogen (secondary N) is 2. The minimum absolute atomic E-state index is 0.240. The molecule has 0 aliphatic carbocycles. The topological polar surface area (TPSA) is 82.2 Å². The lowest BCUT2D eigenvalue weighted by Crippen LogP contribution is -2.44. The Morgan fingerprint density at radius 2 is 2.10 bits per heavy atom. The molecule has 0 radical (unpaired) electrons. The zero-order valence-electron chi connectivity index (χ0n) is 11.7. The molecule has 0 aliphatic heterocycles. The van der Waals surface area contributed by atoms with E-state index in [0.29, 0.717) is 5.75 Å². The van der Waals surface area contributed by atoms with Gasteiger partial charge in [0, 0.05) is 35.2 Å². The standard InChI is InChI=1S/C15H18N2O3S/c1-9(8-21)14(18)17-13(15(19)20)6-10-7-16-12-5-3-2-4-11(10)12/h2-5,7,9,13,16,21H,6,8H2,1H3,(H,17,18)(H,19,20)/t9?,13-/m0/s1. The van der Waals surface area contributed by atoms with E-state index in [9.17, 15) is 14.7 Å². The van der Waals surface area contributed by atoms with Gasteiger partial charge in [-0.25, -0.2) is 4.79 Å². The van der Waals surface area contributed by atoms with Crippen LogP contribution in [0.3, 0.4) is 0 Å². The van der Waals surface area contributed by atoms with E-state index < -0.39 is 12.0 Å². The van der Waals surface area contributed by atoms with Crippen LogP contribution in [0.5, 0.6) is 0 Å². The zero-order chi connectivity index (χ0) is 15.4. The molecule has 112 valence electrons. The molecule has 1 aromatic heterocycles. The monoisotopic (exact) mass is 306 g/mol. The highest BCUT2D eigenvalue weighted by Gasteiger charge is 2.23. The van der Waals surface area contributed by atoms with Crippen molar-refractivity contribution < 1.29 is 14.7 Å². The summed E-state index contributed by atoms with van der Waals surface area (Å²) in [4.78, 5) is 26.3. The van der Waals surface area contributed by atoms with Gasteiger partial charge in [-0.05, 0) is 11.6 Å². The van der Waals surface area contributed by atoms with Crippen LogP contribution in [0.2, 0.25) is 0 Å². The number of aliphatic carboxylic acids is 1. The van der Waals surface area contributed by atoms with Gasteiger partial charge in [-0.2, -0.15) is 12.6 Å². The molecule has 1 heterocycles. The van der Waals surface area contributed by atoms with Crippen LogP contribution >= 0.6 is 12.6 Å². The molecule has 6 heteroatoms. The molecule has 0 saturated carbocycles. The Hall–Kier alpha value is -1.95. The molecule has 0 saturated heterocycles. The second-order valence-electron chi connectivity index (χ2n) is 5.05. The Morgan fingerprint density at radius 1 is 1.38 bits per heavy atom. The average molecular weight is 306 g/mol. The fraction of sp³-hybridized carbons (Fsp3) is 0.333. The number of thiol groups is 1. The predicted octanol–water partition coefficient (Wildman–Crippen LogP) is 1.85. The third kappa shape index (κ3) is 3.58. The number of aromatic nitrogens is 1. The van der Waals surface area contributed by atoms with Gasteiger partial charge < -0.3 is 15.4 Å². The molecular formula is C15H18N2O3S. The van der Waals surface area contributed by atoms with Crippen molar-refractivity contribution in [3.05, 3.63) is 36.0 Å². The van der Waals surface area contributed by atoms with Gasteiger partial charge in [-0.15, -0.1) is 0 Å². The molecule has 0 fully saturated rings. The van der Waals surface area contributed by atoms with Gasteiger partial charge in [0.15, 0.2) is 0 Å². The summed E-state index contributed by atoms with van der Waals surface area (Å²) in [7, 11) is 0. The van der Waals surface area contributed by atoms with E-state index in [0.717, 1.165) is 16.5 Å². The number of benzene rings is 1. The van der Waals surface area contributed by atoms with Crippen molar-refractivity contribution in [2.75, 3.05) is 5.75 Å². The maximum absolute atomic E-state index is 11.8. The summed E-state index contributed by atoms with van der Waals surface area (Å²) in [5.74, 6) is -1.28. The van der Waals surface area contributed by atoms with Crippen LogP contribution in [-0.4, -0.2) is 33.8 Å². The molecule has 2 atom stereocenters. The highest BCUT2D eigenvalue weighted by molar-refractivity contribution is 7.80. The van der Waals surface area contributed by atoms with E-state index in [1.165, 1.54) is 0 Å². The van der Waals surface area contributed by atoms with Gasteiger partial charge in [0.25, 0.3) is 0 Å². The number of aromatic amines is 1. The molecule has 21 heavy (non-hydrogen) atoms. The van der Waals surface area contributed by atoms with Crippen molar-refractivity contribution in [2.24, 2.45) is 5.92 Å². The van der Waals surface area contributed by atoms with Crippen LogP contribution in [0, 0.1) is 5.92 Å². The van der Waals surface area contributed by atoms with Gasteiger partial charge in [-0.1, -0.05) is 25.1 Å². The Bertz CT molecular complexity index is 653. The molecular weight excluding hydrogens is 288 g/mol. The van der Waals surface area contributed by atoms with E-state index in [1.54, 1.807) is 13.1 Å². The van der Waals surface area contributed by atoms with E-state index in [2.05, 4.69) is 22.9 Å². The average Bonchev–Trinajstić information content (AvgIpc) is 2.88. The summed E-state index contributed by atoms with van der Waals surface area (Å²) in [5, 5.41) is 12.8. The van der Waals surface area contributed by atoms with Crippen LogP contribution in [0.4, 0.5) is 0 Å². The predicted molar refractivity (Wildman–Crippen MR) is 84.6 cm³/mol. The van der Waals surface area contributed by atoms with Crippen molar-refractivity contribution >= 4 is 35.4 Å². The second kappa shape index (κ2) is 6.67. The highest BCUT2D eigenvalue weighted by atomic mass is 32.1. The number of carboxylic acids is 1. The summed E-state index contributed by atoms with van der Waals surface area (Å²) in [6, 6.07) is 6.72. The second-order valence-corrected chi connectivity index (χ2v) is 5.41. The van der Waals surface area contributed by atoms with E-state index in [1.807, 2.05) is 24.3 Å². The van der Waals surface area contributed by atoms with Gasteiger partial charge in [0.05, 0.1) is 0 Å². The van der Waals surface area contributed by atoms with Crippen LogP contribution in [-0.2, 0) is 16.0 Å². The van der Waals surface area contributed by atoms with Crippen LogP contribution in [0.1, 0.15) is 12.5 Å². The molecule has 1 amide bonds. The molecule has 3 N–H and O–H groups in total. The van der Waals surface area contributed by atoms with E-state index in [-0.39, 0.29) is 18.2 Å². The van der Waals surface area contributed by atoms with Gasteiger partial charge >= 0.3 is 5.97 Å². The number of H-pyrrole nitrogens is 1. The van der Waals surface area contributed by atoms with Crippen LogP contribution in [0.25, 0.3) is 10.9 Å². The maximum Gasteiger partial charge on any atom is 0.326 e. The fourth-order valence-corrected chi connectivity index (χ4v) is 2.28. The minimum Gasteiger partial charge on any atom is -0.480 e. The molecule has 1 unspecified atom stereocenters. The molecule has 5 nitrogen and oxygen atoms in total. The number of rotatable bonds is 6. The Labute approximate surface area is 128 Å². The first kappa shape index (κ1) is 15.4. The summed E-state index contributed by atoms with van der Waals surface area (Å²) in [6.07, 6.45) is 2.03. The third-order valence-corrected chi connectivity index (χ3v) is 3.98. The van der Waals surface area contributed by atoms with Gasteiger partial charge in [0.2, 0.25) is 5.91 Å². The van der Waals surface area contributed by atoms with Gasteiger partial charge in [-0.3, -0.25) is 4.79 Å². The van der Waals surface area contributed by atoms with Crippen molar-refractivity contribution in [1.82, 2.24) is 10.3 Å². The van der Waals surface area contributed by atoms with E-state index in [4.69, 9.17) is 0 Å². The Morgan fingerprint density at radius 3 is 2.76 bits per heavy atom. The van der Waals surface area contributed by atoms with Crippen molar-refractivity contribution in [2.45, 2.75) is 19.4 Å². The van der Waals surface area contributed by atoms with Crippen LogP contribution < -0.4 is 5.32 Å². The molecule has 2 rings (SSSR count). The fourth-order valence-electron chi connectivity index (χ4n) is 2.12. The lowest BCUT2D eigenvalue weighted by Gasteiger charge is -2.16. The lowest BCUT2D eigenvalue weighted by atomic mass is 10.0. The first-order valence-electron chi connectivity index (χ1n) is 6.72. The summed E-state index contributed by atoms with van der Waals surface area (Å²) < 4.78 is 0. The van der Waals surface area contributed by atoms with E-state index >= 15 is 0 Å². The number of amides is 1. The van der Waals surface area contributed by atoms with Crippen LogP contribution in [0.15, 0.2) is 30.5 Å². The minimum atomic E-state index is -1.04. The number of hydrogen-bond donors (Lipinski definition) is 4. The first-order chi connectivity index (χ1) is 10.0. The molecule has 0 spiro atoms.